The van der Waals surface area contributed by atoms with E-state index < -0.39 is 15.8 Å². The fourth-order valence-electron chi connectivity index (χ4n) is 3.44. The van der Waals surface area contributed by atoms with Gasteiger partial charge in [0.1, 0.15) is 0 Å². The highest BCUT2D eigenvalue weighted by Crippen LogP contribution is 2.41. The molecule has 152 valence electrons. The lowest BCUT2D eigenvalue weighted by Crippen LogP contribution is -2.37. The summed E-state index contributed by atoms with van der Waals surface area (Å²) in [6, 6.07) is 7.65. The van der Waals surface area contributed by atoms with E-state index in [1.54, 1.807) is 0 Å². The van der Waals surface area contributed by atoms with Gasteiger partial charge in [-0.15, -0.1) is 0 Å². The van der Waals surface area contributed by atoms with Gasteiger partial charge in [0, 0.05) is 23.8 Å². The van der Waals surface area contributed by atoms with Crippen LogP contribution in [0.25, 0.3) is 0 Å². The Morgan fingerprint density at radius 1 is 1.21 bits per heavy atom. The highest BCUT2D eigenvalue weighted by Gasteiger charge is 2.49. The summed E-state index contributed by atoms with van der Waals surface area (Å²) in [7, 11) is -3.11. The number of benzene rings is 1. The van der Waals surface area contributed by atoms with Crippen molar-refractivity contribution in [3.05, 3.63) is 29.8 Å². The second-order valence-electron chi connectivity index (χ2n) is 7.45. The number of aliphatic imine (C=N–C) groups is 1. The first-order valence-electron chi connectivity index (χ1n) is 9.26. The Balaban J connectivity index is 1.85. The highest BCUT2D eigenvalue weighted by atomic mass is 32.2. The molecule has 0 unspecified atom stereocenters. The van der Waals surface area contributed by atoms with E-state index >= 15 is 0 Å². The standard InChI is InChI=1S/C19H24N2O5S2/c1-12(2)13-6-8-14(9-7-13)21-15-10-28(25,26)11-16(15)27-19(21)20-17(22)4-3-5-18(23)24/h6-9,12,15-16H,3-5,10-11H2,1-2H3,(H,23,24)/t15-,16-/m1/s1. The van der Waals surface area contributed by atoms with Crippen molar-refractivity contribution < 1.29 is 23.1 Å². The summed E-state index contributed by atoms with van der Waals surface area (Å²) in [5, 5.41) is 9.05. The van der Waals surface area contributed by atoms with Gasteiger partial charge in [0.25, 0.3) is 0 Å². The van der Waals surface area contributed by atoms with E-state index in [9.17, 15) is 18.0 Å². The number of rotatable bonds is 6. The van der Waals surface area contributed by atoms with Gasteiger partial charge < -0.3 is 10.0 Å². The van der Waals surface area contributed by atoms with E-state index in [2.05, 4.69) is 18.8 Å². The van der Waals surface area contributed by atoms with E-state index in [4.69, 9.17) is 5.11 Å². The number of amidine groups is 1. The zero-order chi connectivity index (χ0) is 20.5. The monoisotopic (exact) mass is 424 g/mol. The Hall–Kier alpha value is -1.87. The molecule has 0 bridgehead atoms. The van der Waals surface area contributed by atoms with Crippen molar-refractivity contribution in [2.24, 2.45) is 4.99 Å². The summed E-state index contributed by atoms with van der Waals surface area (Å²) < 4.78 is 24.2. The van der Waals surface area contributed by atoms with E-state index in [1.165, 1.54) is 17.3 Å². The number of carboxylic acids is 1. The summed E-state index contributed by atoms with van der Waals surface area (Å²) >= 11 is 1.32. The first-order chi connectivity index (χ1) is 13.2. The number of hydrogen-bond acceptors (Lipinski definition) is 5. The largest absolute Gasteiger partial charge is 0.481 e. The average molecular weight is 425 g/mol. The molecule has 2 fully saturated rings. The Labute approximate surface area is 169 Å². The molecule has 2 saturated heterocycles. The molecule has 0 radical (unpaired) electrons. The molecule has 0 aromatic heterocycles. The van der Waals surface area contributed by atoms with Gasteiger partial charge in [-0.05, 0) is 30.0 Å². The van der Waals surface area contributed by atoms with Crippen LogP contribution < -0.4 is 4.90 Å². The quantitative estimate of drug-likeness (QED) is 0.748. The van der Waals surface area contributed by atoms with Gasteiger partial charge in [0.2, 0.25) is 5.91 Å². The minimum atomic E-state index is -3.11. The van der Waals surface area contributed by atoms with Crippen molar-refractivity contribution in [2.75, 3.05) is 16.4 Å². The molecule has 1 aromatic carbocycles. The molecular formula is C19H24N2O5S2. The van der Waals surface area contributed by atoms with Gasteiger partial charge in [0.15, 0.2) is 15.0 Å². The number of anilines is 1. The van der Waals surface area contributed by atoms with Crippen LogP contribution >= 0.6 is 11.8 Å². The molecule has 7 nitrogen and oxygen atoms in total. The molecule has 1 aromatic rings. The van der Waals surface area contributed by atoms with Crippen molar-refractivity contribution in [1.82, 2.24) is 0 Å². The fraction of sp³-hybridized carbons (Fsp3) is 0.526. The second kappa shape index (κ2) is 8.24. The Kier molecular flexibility index (Phi) is 6.14. The molecule has 1 N–H and O–H groups in total. The lowest BCUT2D eigenvalue weighted by Gasteiger charge is -2.25. The predicted molar refractivity (Wildman–Crippen MR) is 111 cm³/mol. The van der Waals surface area contributed by atoms with Crippen molar-refractivity contribution >= 4 is 44.3 Å². The molecule has 2 aliphatic heterocycles. The van der Waals surface area contributed by atoms with Gasteiger partial charge in [-0.3, -0.25) is 9.59 Å². The summed E-state index contributed by atoms with van der Waals surface area (Å²) in [5.41, 5.74) is 1.99. The molecule has 3 rings (SSSR count). The van der Waals surface area contributed by atoms with Crippen LogP contribution in [0, 0.1) is 0 Å². The van der Waals surface area contributed by atoms with Crippen LogP contribution in [0.15, 0.2) is 29.3 Å². The third-order valence-electron chi connectivity index (χ3n) is 4.91. The maximum absolute atomic E-state index is 12.2. The topological polar surface area (TPSA) is 104 Å². The summed E-state index contributed by atoms with van der Waals surface area (Å²) in [5.74, 6) is -0.818. The first-order valence-corrected chi connectivity index (χ1v) is 12.0. The van der Waals surface area contributed by atoms with E-state index in [0.29, 0.717) is 11.1 Å². The molecule has 9 heteroatoms. The van der Waals surface area contributed by atoms with E-state index in [0.717, 1.165) is 5.69 Å². The van der Waals surface area contributed by atoms with Crippen LogP contribution in [0.4, 0.5) is 5.69 Å². The van der Waals surface area contributed by atoms with Crippen LogP contribution in [0.5, 0.6) is 0 Å². The van der Waals surface area contributed by atoms with Gasteiger partial charge in [-0.2, -0.15) is 4.99 Å². The summed E-state index contributed by atoms with van der Waals surface area (Å²) in [4.78, 5) is 28.9. The first kappa shape index (κ1) is 20.9. The predicted octanol–water partition coefficient (Wildman–Crippen LogP) is 2.67. The Morgan fingerprint density at radius 3 is 2.50 bits per heavy atom. The number of carbonyl (C=O) groups is 2. The second-order valence-corrected chi connectivity index (χ2v) is 10.8. The Bertz CT molecular complexity index is 893. The lowest BCUT2D eigenvalue weighted by atomic mass is 10.0. The molecule has 2 heterocycles. The van der Waals surface area contributed by atoms with Crippen LogP contribution in [-0.4, -0.2) is 53.4 Å². The van der Waals surface area contributed by atoms with E-state index in [1.807, 2.05) is 29.2 Å². The molecule has 0 saturated carbocycles. The van der Waals surface area contributed by atoms with Crippen molar-refractivity contribution in [1.29, 1.82) is 0 Å². The Morgan fingerprint density at radius 2 is 1.89 bits per heavy atom. The fourth-order valence-corrected chi connectivity index (χ4v) is 7.37. The maximum Gasteiger partial charge on any atom is 0.303 e. The summed E-state index contributed by atoms with van der Waals surface area (Å²) in [6.07, 6.45) is 0.220. The van der Waals surface area contributed by atoms with Crippen LogP contribution in [0.2, 0.25) is 0 Å². The van der Waals surface area contributed by atoms with Crippen LogP contribution in [-0.2, 0) is 19.4 Å². The molecule has 0 spiro atoms. The molecule has 28 heavy (non-hydrogen) atoms. The molecule has 1 amide bonds. The van der Waals surface area contributed by atoms with Crippen molar-refractivity contribution in [3.8, 4) is 0 Å². The van der Waals surface area contributed by atoms with Crippen LogP contribution in [0.3, 0.4) is 0 Å². The number of sulfone groups is 1. The van der Waals surface area contributed by atoms with Crippen LogP contribution in [0.1, 0.15) is 44.6 Å². The number of aliphatic carboxylic acids is 1. The highest BCUT2D eigenvalue weighted by molar-refractivity contribution is 8.16. The minimum absolute atomic E-state index is 0.0445. The summed E-state index contributed by atoms with van der Waals surface area (Å²) in [6.45, 7) is 4.20. The number of carbonyl (C=O) groups excluding carboxylic acids is 1. The van der Waals surface area contributed by atoms with Gasteiger partial charge in [-0.1, -0.05) is 37.7 Å². The number of carboxylic acid groups (broad SMARTS) is 1. The lowest BCUT2D eigenvalue weighted by molar-refractivity contribution is -0.137. The minimum Gasteiger partial charge on any atom is -0.481 e. The maximum atomic E-state index is 12.2. The van der Waals surface area contributed by atoms with Gasteiger partial charge >= 0.3 is 5.97 Å². The van der Waals surface area contributed by atoms with Gasteiger partial charge in [-0.25, -0.2) is 8.42 Å². The van der Waals surface area contributed by atoms with Gasteiger partial charge in [0.05, 0.1) is 17.5 Å². The number of amides is 1. The van der Waals surface area contributed by atoms with Crippen molar-refractivity contribution in [2.45, 2.75) is 50.3 Å². The number of fused-ring (bicyclic) bond motifs is 1. The molecule has 2 atom stereocenters. The average Bonchev–Trinajstić information content (AvgIpc) is 3.05. The normalized spacial score (nSPS) is 24.7. The third kappa shape index (κ3) is 4.75. The zero-order valence-corrected chi connectivity index (χ0v) is 17.5. The number of thioether (sulfide) groups is 1. The molecule has 0 aliphatic carbocycles. The third-order valence-corrected chi connectivity index (χ3v) is 8.12. The number of hydrogen-bond donors (Lipinski definition) is 1. The smallest absolute Gasteiger partial charge is 0.303 e. The SMILES string of the molecule is CC(C)c1ccc(N2C(=NC(=O)CCCC(=O)O)S[C@@H]3CS(=O)(=O)C[C@H]32)cc1. The molecule has 2 aliphatic rings. The van der Waals surface area contributed by atoms with Crippen molar-refractivity contribution in [3.63, 3.8) is 0 Å². The number of nitrogens with zero attached hydrogens (tertiary/aromatic N) is 2. The molecular weight excluding hydrogens is 400 g/mol. The van der Waals surface area contributed by atoms with E-state index in [-0.39, 0.29) is 48.0 Å². The zero-order valence-electron chi connectivity index (χ0n) is 15.9.